The summed E-state index contributed by atoms with van der Waals surface area (Å²) in [6.45, 7) is 3.40. The van der Waals surface area contributed by atoms with Crippen molar-refractivity contribution < 1.29 is 14.3 Å². The SMILES string of the molecule is Cc1ccc(NC(=O)NC(=O)COc2ncnc3c(Cl)cc(Cl)cc23)c(C)c1. The van der Waals surface area contributed by atoms with Crippen molar-refractivity contribution in [2.24, 2.45) is 0 Å². The van der Waals surface area contributed by atoms with Crippen LogP contribution in [0.4, 0.5) is 10.5 Å². The fourth-order valence-electron chi connectivity index (χ4n) is 2.59. The zero-order chi connectivity index (χ0) is 20.3. The third-order valence-corrected chi connectivity index (χ3v) is 4.35. The maximum Gasteiger partial charge on any atom is 0.325 e. The molecule has 0 saturated heterocycles. The van der Waals surface area contributed by atoms with E-state index in [1.807, 2.05) is 26.0 Å². The van der Waals surface area contributed by atoms with Crippen LogP contribution in [0.5, 0.6) is 5.88 Å². The molecular formula is C19H16Cl2N4O3. The molecule has 0 bridgehead atoms. The normalized spacial score (nSPS) is 10.6. The summed E-state index contributed by atoms with van der Waals surface area (Å²) in [7, 11) is 0. The minimum atomic E-state index is -0.654. The van der Waals surface area contributed by atoms with Gasteiger partial charge in [-0.3, -0.25) is 10.1 Å². The number of fused-ring (bicyclic) bond motifs is 1. The molecule has 3 rings (SSSR count). The van der Waals surface area contributed by atoms with Gasteiger partial charge in [-0.1, -0.05) is 40.9 Å². The highest BCUT2D eigenvalue weighted by Gasteiger charge is 2.13. The van der Waals surface area contributed by atoms with Gasteiger partial charge in [0.25, 0.3) is 5.91 Å². The number of aromatic nitrogens is 2. The first kappa shape index (κ1) is 19.9. The lowest BCUT2D eigenvalue weighted by Crippen LogP contribution is -2.37. The fraction of sp³-hybridized carbons (Fsp3) is 0.158. The summed E-state index contributed by atoms with van der Waals surface area (Å²) in [6, 6.07) is 8.04. The van der Waals surface area contributed by atoms with Gasteiger partial charge in [-0.05, 0) is 37.6 Å². The summed E-state index contributed by atoms with van der Waals surface area (Å²) in [5.41, 5.74) is 3.03. The molecule has 0 saturated carbocycles. The first-order valence-corrected chi connectivity index (χ1v) is 8.99. The van der Waals surface area contributed by atoms with Crippen LogP contribution in [0, 0.1) is 13.8 Å². The summed E-state index contributed by atoms with van der Waals surface area (Å²) in [6.07, 6.45) is 1.27. The van der Waals surface area contributed by atoms with E-state index < -0.39 is 18.5 Å². The van der Waals surface area contributed by atoms with Gasteiger partial charge in [0, 0.05) is 10.7 Å². The Morgan fingerprint density at radius 1 is 1.11 bits per heavy atom. The number of aryl methyl sites for hydroxylation is 2. The molecule has 28 heavy (non-hydrogen) atoms. The van der Waals surface area contributed by atoms with E-state index in [1.165, 1.54) is 6.33 Å². The Morgan fingerprint density at radius 2 is 1.89 bits per heavy atom. The molecule has 0 fully saturated rings. The largest absolute Gasteiger partial charge is 0.467 e. The van der Waals surface area contributed by atoms with Gasteiger partial charge in [0.05, 0.1) is 15.9 Å². The Balaban J connectivity index is 1.63. The van der Waals surface area contributed by atoms with Gasteiger partial charge >= 0.3 is 6.03 Å². The molecule has 0 atom stereocenters. The molecule has 1 heterocycles. The average molecular weight is 419 g/mol. The van der Waals surface area contributed by atoms with Crippen molar-refractivity contribution in [2.75, 3.05) is 11.9 Å². The monoisotopic (exact) mass is 418 g/mol. The molecule has 0 aliphatic carbocycles. The standard InChI is InChI=1S/C19H16Cl2N4O3/c1-10-3-4-15(11(2)5-10)24-19(27)25-16(26)8-28-18-13-6-12(20)7-14(21)17(13)22-9-23-18/h3-7,9H,8H2,1-2H3,(H2,24,25,26,27). The van der Waals surface area contributed by atoms with Gasteiger partial charge in [0.1, 0.15) is 6.33 Å². The number of hydrogen-bond donors (Lipinski definition) is 2. The Labute approximate surface area is 171 Å². The second kappa shape index (κ2) is 8.41. The van der Waals surface area contributed by atoms with Crippen molar-refractivity contribution >= 4 is 51.7 Å². The maximum atomic E-state index is 12.0. The number of anilines is 1. The third kappa shape index (κ3) is 4.68. The minimum Gasteiger partial charge on any atom is -0.467 e. The molecule has 0 unspecified atom stereocenters. The van der Waals surface area contributed by atoms with E-state index in [2.05, 4.69) is 20.6 Å². The number of hydrogen-bond acceptors (Lipinski definition) is 5. The lowest BCUT2D eigenvalue weighted by atomic mass is 10.1. The van der Waals surface area contributed by atoms with E-state index in [-0.39, 0.29) is 5.88 Å². The fourth-order valence-corrected chi connectivity index (χ4v) is 3.13. The lowest BCUT2D eigenvalue weighted by molar-refractivity contribution is -0.121. The molecule has 0 aliphatic rings. The second-order valence-electron chi connectivity index (χ2n) is 6.07. The van der Waals surface area contributed by atoms with E-state index in [9.17, 15) is 9.59 Å². The van der Waals surface area contributed by atoms with Crippen LogP contribution in [-0.2, 0) is 4.79 Å². The topological polar surface area (TPSA) is 93.2 Å². The summed E-state index contributed by atoms with van der Waals surface area (Å²) in [5.74, 6) is -0.499. The molecule has 0 spiro atoms. The van der Waals surface area contributed by atoms with Gasteiger partial charge in [0.2, 0.25) is 5.88 Å². The summed E-state index contributed by atoms with van der Waals surface area (Å²) in [4.78, 5) is 32.1. The number of rotatable bonds is 4. The number of carbonyl (C=O) groups excluding carboxylic acids is 2. The number of amides is 3. The highest BCUT2D eigenvalue weighted by molar-refractivity contribution is 6.38. The van der Waals surface area contributed by atoms with E-state index in [1.54, 1.807) is 18.2 Å². The zero-order valence-corrected chi connectivity index (χ0v) is 16.6. The number of nitrogens with one attached hydrogen (secondary N) is 2. The van der Waals surface area contributed by atoms with Crippen LogP contribution >= 0.6 is 23.2 Å². The Kier molecular flexibility index (Phi) is 5.96. The average Bonchev–Trinajstić information content (AvgIpc) is 2.62. The molecule has 1 aromatic heterocycles. The van der Waals surface area contributed by atoms with E-state index >= 15 is 0 Å². The Hall–Kier alpha value is -2.90. The van der Waals surface area contributed by atoms with Gasteiger partial charge in [-0.25, -0.2) is 14.8 Å². The van der Waals surface area contributed by atoms with E-state index in [0.717, 1.165) is 11.1 Å². The van der Waals surface area contributed by atoms with Crippen LogP contribution in [0.25, 0.3) is 10.9 Å². The molecule has 0 aliphatic heterocycles. The van der Waals surface area contributed by atoms with Crippen LogP contribution in [0.2, 0.25) is 10.0 Å². The van der Waals surface area contributed by atoms with E-state index in [4.69, 9.17) is 27.9 Å². The molecule has 3 amide bonds. The minimum absolute atomic E-state index is 0.138. The summed E-state index contributed by atoms with van der Waals surface area (Å²) < 4.78 is 5.42. The molecule has 3 aromatic rings. The molecule has 7 nitrogen and oxygen atoms in total. The van der Waals surface area contributed by atoms with Crippen molar-refractivity contribution in [3.05, 3.63) is 57.8 Å². The van der Waals surface area contributed by atoms with Crippen molar-refractivity contribution in [3.8, 4) is 5.88 Å². The van der Waals surface area contributed by atoms with Crippen LogP contribution < -0.4 is 15.4 Å². The number of nitrogens with zero attached hydrogens (tertiary/aromatic N) is 2. The summed E-state index contributed by atoms with van der Waals surface area (Å²) >= 11 is 12.1. The molecule has 2 N–H and O–H groups in total. The van der Waals surface area contributed by atoms with Crippen molar-refractivity contribution in [2.45, 2.75) is 13.8 Å². The Morgan fingerprint density at radius 3 is 2.64 bits per heavy atom. The molecule has 2 aromatic carbocycles. The highest BCUT2D eigenvalue weighted by Crippen LogP contribution is 2.30. The number of ether oxygens (including phenoxy) is 1. The summed E-state index contributed by atoms with van der Waals surface area (Å²) in [5, 5.41) is 6.01. The molecule has 0 radical (unpaired) electrons. The Bertz CT molecular complexity index is 1070. The van der Waals surface area contributed by atoms with Crippen LogP contribution in [0.1, 0.15) is 11.1 Å². The van der Waals surface area contributed by atoms with Crippen LogP contribution in [0.15, 0.2) is 36.7 Å². The van der Waals surface area contributed by atoms with Crippen molar-refractivity contribution in [1.29, 1.82) is 0 Å². The second-order valence-corrected chi connectivity index (χ2v) is 6.92. The first-order valence-electron chi connectivity index (χ1n) is 8.24. The van der Waals surface area contributed by atoms with Gasteiger partial charge in [0.15, 0.2) is 6.61 Å². The number of benzene rings is 2. The lowest BCUT2D eigenvalue weighted by Gasteiger charge is -2.11. The van der Waals surface area contributed by atoms with Crippen molar-refractivity contribution in [3.63, 3.8) is 0 Å². The smallest absolute Gasteiger partial charge is 0.325 e. The molecule has 144 valence electrons. The van der Waals surface area contributed by atoms with Crippen LogP contribution in [0.3, 0.4) is 0 Å². The predicted molar refractivity (Wildman–Crippen MR) is 108 cm³/mol. The number of imide groups is 1. The predicted octanol–water partition coefficient (Wildman–Crippen LogP) is 4.28. The maximum absolute atomic E-state index is 12.0. The van der Waals surface area contributed by atoms with Gasteiger partial charge < -0.3 is 10.1 Å². The van der Waals surface area contributed by atoms with Crippen molar-refractivity contribution in [1.82, 2.24) is 15.3 Å². The molecule has 9 heteroatoms. The van der Waals surface area contributed by atoms with Gasteiger partial charge in [-0.15, -0.1) is 0 Å². The quantitative estimate of drug-likeness (QED) is 0.659. The first-order chi connectivity index (χ1) is 13.3. The molecular weight excluding hydrogens is 403 g/mol. The number of carbonyl (C=O) groups is 2. The highest BCUT2D eigenvalue weighted by atomic mass is 35.5. The number of urea groups is 1. The van der Waals surface area contributed by atoms with Crippen LogP contribution in [-0.4, -0.2) is 28.5 Å². The third-order valence-electron chi connectivity index (χ3n) is 3.84. The van der Waals surface area contributed by atoms with E-state index in [0.29, 0.717) is 26.6 Å². The van der Waals surface area contributed by atoms with Gasteiger partial charge in [-0.2, -0.15) is 0 Å². The zero-order valence-electron chi connectivity index (χ0n) is 15.0. The number of halogens is 2.